The Morgan fingerprint density at radius 2 is 0.917 bits per heavy atom. The van der Waals surface area contributed by atoms with Crippen LogP contribution in [0.15, 0.2) is 381 Å². The predicted molar refractivity (Wildman–Crippen MR) is 582 cm³/mol. The molecule has 10 nitrogen and oxygen atoms in total. The molecule has 0 bridgehead atoms. The van der Waals surface area contributed by atoms with E-state index >= 15 is 0 Å². The summed E-state index contributed by atoms with van der Waals surface area (Å²) in [5, 5.41) is 18.3. The second-order valence-electron chi connectivity index (χ2n) is 36.7. The van der Waals surface area contributed by atoms with E-state index in [-0.39, 0.29) is 117 Å². The van der Waals surface area contributed by atoms with Gasteiger partial charge in [-0.15, -0.1) is 208 Å². The average Bonchev–Trinajstić information content (AvgIpc) is 1.24. The first kappa shape index (κ1) is 114. The first-order valence-electron chi connectivity index (χ1n) is 46.6. The van der Waals surface area contributed by atoms with Gasteiger partial charge in [-0.1, -0.05) is 266 Å². The minimum absolute atomic E-state index is 0. The molecule has 0 saturated carbocycles. The van der Waals surface area contributed by atoms with E-state index in [2.05, 4.69) is 285 Å². The van der Waals surface area contributed by atoms with Gasteiger partial charge in [-0.3, -0.25) is 9.78 Å². The SMILES string of the molecule is CC(C)(C)C(=O)C=C(O)C(C)(C)C.Cc1[c-]c(-c2ccc3c(CC(C)C)cccc3n2)cc(C)c1.Cc1cc(-c2[c-]cccc2)ncc1-c1ccccc1.Cc1ccc(-c2[c-]ccc3c2oc2ccccc23)nc1.Cc1ccc(-c2[c-]cccc2)nc1.Cc1cccnc1-c1[c-]cccc1.Cc1ccnc(-c2[c-]cc3sc4ccccc4c3c2)c1.[Ir].[Ir].[Ir].[Ir].[Ir].[c-]1cc2sc3ccccc3c2cc1-c1ccccn1. The number of rotatable bonds is 11. The van der Waals surface area contributed by atoms with Gasteiger partial charge in [0.1, 0.15) is 11.3 Å². The van der Waals surface area contributed by atoms with Crippen molar-refractivity contribution in [3.8, 4) is 89.9 Å². The number of fused-ring (bicyclic) bond motifs is 10. The summed E-state index contributed by atoms with van der Waals surface area (Å²) < 4.78 is 11.2. The number of aliphatic hydroxyl groups excluding tert-OH is 1. The van der Waals surface area contributed by atoms with Crippen molar-refractivity contribution in [3.05, 3.63) is 464 Å². The molecule has 0 unspecified atom stereocenters. The van der Waals surface area contributed by atoms with Gasteiger partial charge in [-0.05, 0) is 177 Å². The molecule has 22 rings (SSSR count). The van der Waals surface area contributed by atoms with Crippen LogP contribution in [-0.4, -0.2) is 45.8 Å². The zero-order valence-corrected chi connectivity index (χ0v) is 96.5. The molecule has 17 heteroatoms. The van der Waals surface area contributed by atoms with Crippen LogP contribution in [0.3, 0.4) is 0 Å². The number of para-hydroxylation sites is 1. The van der Waals surface area contributed by atoms with Crippen molar-refractivity contribution in [1.82, 2.24) is 34.9 Å². The van der Waals surface area contributed by atoms with Gasteiger partial charge in [0.05, 0.1) is 11.1 Å². The van der Waals surface area contributed by atoms with Gasteiger partial charge in [-0.25, -0.2) is 0 Å². The van der Waals surface area contributed by atoms with E-state index in [1.165, 1.54) is 96.3 Å². The number of aliphatic hydroxyl groups is 1. The number of nitrogens with zero attached hydrogens (tertiary/aromatic N) is 7. The topological polar surface area (TPSA) is 141 Å². The molecule has 0 spiro atoms. The van der Waals surface area contributed by atoms with E-state index in [0.29, 0.717) is 5.92 Å². The van der Waals surface area contributed by atoms with E-state index in [9.17, 15) is 9.90 Å². The van der Waals surface area contributed by atoms with E-state index in [0.717, 1.165) is 124 Å². The summed E-state index contributed by atoms with van der Waals surface area (Å²) in [6.45, 7) is 30.2. The molecule has 0 aliphatic rings. The molecule has 0 aliphatic heterocycles. The van der Waals surface area contributed by atoms with E-state index in [1.807, 2.05) is 279 Å². The third kappa shape index (κ3) is 30.4. The number of hydrogen-bond donors (Lipinski definition) is 1. The molecule has 144 heavy (non-hydrogen) atoms. The van der Waals surface area contributed by atoms with Gasteiger partial charge in [-0.2, -0.15) is 22.7 Å². The molecule has 0 amide bonds. The van der Waals surface area contributed by atoms with Gasteiger partial charge in [0, 0.05) is 180 Å². The molecule has 5 radical (unpaired) electrons. The fraction of sp³-hybridized carbons (Fsp3) is 0.150. The Bertz CT molecular complexity index is 7930. The summed E-state index contributed by atoms with van der Waals surface area (Å²) in [6, 6.07) is 134. The van der Waals surface area contributed by atoms with Gasteiger partial charge in [0.15, 0.2) is 5.78 Å². The molecule has 0 saturated heterocycles. The Morgan fingerprint density at radius 3 is 1.48 bits per heavy atom. The second-order valence-corrected chi connectivity index (χ2v) is 38.9. The van der Waals surface area contributed by atoms with Crippen LogP contribution in [-0.2, 0) is 112 Å². The number of furan rings is 1. The molecular formula is C127H110Ir5N7O3S2-7. The van der Waals surface area contributed by atoms with Crippen molar-refractivity contribution >= 4 is 102 Å². The van der Waals surface area contributed by atoms with Gasteiger partial charge >= 0.3 is 0 Å². The number of carbonyl (C=O) groups is 1. The smallest absolute Gasteiger partial charge is 0.164 e. The molecule has 10 heterocycles. The van der Waals surface area contributed by atoms with Gasteiger partial charge in [0.2, 0.25) is 0 Å². The summed E-state index contributed by atoms with van der Waals surface area (Å²) in [4.78, 5) is 42.9. The third-order valence-corrected chi connectivity index (χ3v) is 25.2. The van der Waals surface area contributed by atoms with Crippen molar-refractivity contribution in [2.24, 2.45) is 16.7 Å². The van der Waals surface area contributed by atoms with Crippen molar-refractivity contribution in [2.75, 3.05) is 0 Å². The van der Waals surface area contributed by atoms with Crippen LogP contribution in [0.25, 0.3) is 163 Å². The third-order valence-electron chi connectivity index (χ3n) is 23.0. The number of aromatic nitrogens is 7. The Labute approximate surface area is 922 Å². The number of ketones is 1. The number of pyridine rings is 7. The molecule has 10 aromatic heterocycles. The van der Waals surface area contributed by atoms with Crippen molar-refractivity contribution in [2.45, 2.75) is 110 Å². The van der Waals surface area contributed by atoms with Crippen LogP contribution in [0.2, 0.25) is 0 Å². The number of benzene rings is 12. The maximum absolute atomic E-state index is 11.5. The van der Waals surface area contributed by atoms with Crippen LogP contribution < -0.4 is 0 Å². The fourth-order valence-corrected chi connectivity index (χ4v) is 17.7. The molecule has 12 aromatic carbocycles. The van der Waals surface area contributed by atoms with Crippen LogP contribution in [0, 0.1) is 108 Å². The number of carbonyl (C=O) groups excluding carboxylic acids is 1. The van der Waals surface area contributed by atoms with Crippen molar-refractivity contribution in [1.29, 1.82) is 0 Å². The number of hydrogen-bond acceptors (Lipinski definition) is 12. The predicted octanol–water partition coefficient (Wildman–Crippen LogP) is 33.7. The van der Waals surface area contributed by atoms with Crippen LogP contribution in [0.5, 0.6) is 0 Å². The van der Waals surface area contributed by atoms with E-state index < -0.39 is 5.41 Å². The minimum Gasteiger partial charge on any atom is -0.512 e. The number of aryl methyl sites for hydroxylation is 7. The monoisotopic (exact) mass is 2810 g/mol. The maximum atomic E-state index is 11.5. The Balaban J connectivity index is 0.000000169. The summed E-state index contributed by atoms with van der Waals surface area (Å²) in [5.74, 6) is 0.755. The van der Waals surface area contributed by atoms with E-state index in [1.54, 1.807) is 0 Å². The Hall–Kier alpha value is -12.4. The zero-order chi connectivity index (χ0) is 97.5. The fourth-order valence-electron chi connectivity index (χ4n) is 15.6. The van der Waals surface area contributed by atoms with Crippen molar-refractivity contribution < 1.29 is 115 Å². The van der Waals surface area contributed by atoms with Crippen molar-refractivity contribution in [3.63, 3.8) is 0 Å². The molecule has 0 atom stereocenters. The van der Waals surface area contributed by atoms with Crippen LogP contribution in [0.4, 0.5) is 0 Å². The standard InChI is InChI=1S/C21H22N.C18H12NO.C18H12NS.C18H14N.C17H10NS.2C12H10N.C11H20O2.5Ir/c1-14(2)10-17-6-5-7-21-19(17)8-9-20(22-21)18-12-15(3)11-16(4)13-18;1-12-9-10-16(19-11-12)15-7-4-6-14-13-5-2-3-8-17(13)20-18(14)15;1-12-8-9-19-16(10-12)13-6-7-18-15(11-13)14-4-2-3-5-17(14)20-18;1-14-12-18(16-10-6-3-7-11-16)19-13-17(14)15-8-4-2-5-9-15;1-2-7-16-13(5-1)14-11-12(8-9-17(14)19-16)15-6-3-4-10-18-15;1-10-6-5-9-13-12(10)11-7-3-2-4-8-11;1-10-7-8-12(13-9-10)11-5-3-2-4-6-11;1-10(2,3)8(12)7-9(13)11(4,5)6;;;;;/h5-9,11-12,14H,10H2,1-4H3;2-6,8-11H,1H3;2-5,7-11H,1H3;2-10,12-13H,1H3;1-7,9-11H;2-7,9H,1H3;2-5,7-9H,1H3;7,12H,1-6H3;;;;;/q7*-1;;;;;;. The summed E-state index contributed by atoms with van der Waals surface area (Å²) in [6.07, 6.45) is 13.6. The van der Waals surface area contributed by atoms with Crippen LogP contribution >= 0.6 is 22.7 Å². The Morgan fingerprint density at radius 1 is 0.375 bits per heavy atom. The first-order valence-corrected chi connectivity index (χ1v) is 48.2. The summed E-state index contributed by atoms with van der Waals surface area (Å²) >= 11 is 3.63. The number of thiophene rings is 2. The quantitative estimate of drug-likeness (QED) is 0.0756. The summed E-state index contributed by atoms with van der Waals surface area (Å²) in [7, 11) is 0. The molecule has 22 aromatic rings. The number of allylic oxidation sites excluding steroid dienone is 2. The van der Waals surface area contributed by atoms with Gasteiger partial charge in [0.25, 0.3) is 0 Å². The second kappa shape index (κ2) is 54.0. The Kier molecular flexibility index (Phi) is 42.6. The molecular weight excluding hydrogens is 2700 g/mol. The molecule has 735 valence electrons. The molecule has 0 aliphatic carbocycles. The maximum Gasteiger partial charge on any atom is 0.164 e. The first-order chi connectivity index (χ1) is 67.2. The molecule has 0 fully saturated rings. The average molecular weight is 2810 g/mol. The van der Waals surface area contributed by atoms with E-state index in [4.69, 9.17) is 9.40 Å². The minimum atomic E-state index is -0.417. The summed E-state index contributed by atoms with van der Waals surface area (Å²) in [5.41, 5.74) is 28.3. The normalized spacial score (nSPS) is 10.8. The van der Waals surface area contributed by atoms with Crippen LogP contribution in [0.1, 0.15) is 99.9 Å². The van der Waals surface area contributed by atoms with Gasteiger partial charge < -0.3 is 39.4 Å². The molecule has 1 N–H and O–H groups in total. The largest absolute Gasteiger partial charge is 0.512 e. The zero-order valence-electron chi connectivity index (χ0n) is 82.9.